The number of rotatable bonds is 5. The van der Waals surface area contributed by atoms with Crippen LogP contribution in [0.3, 0.4) is 0 Å². The van der Waals surface area contributed by atoms with Crippen molar-refractivity contribution in [3.05, 3.63) is 16.9 Å². The van der Waals surface area contributed by atoms with Crippen LogP contribution in [0, 0.1) is 11.3 Å². The fourth-order valence-corrected chi connectivity index (χ4v) is 5.91. The summed E-state index contributed by atoms with van der Waals surface area (Å²) in [6, 6.07) is 1.93. The van der Waals surface area contributed by atoms with Crippen molar-refractivity contribution in [1.82, 2.24) is 15.1 Å². The van der Waals surface area contributed by atoms with E-state index in [1.807, 2.05) is 26.8 Å². The molecule has 1 aromatic rings. The average molecular weight is 496 g/mol. The molecular weight excluding hydrogens is 456 g/mol. The number of carbonyl (C=O) groups excluding carboxylic acids is 1. The Morgan fingerprint density at radius 3 is 2.24 bits per heavy atom. The number of nitrogens with zero attached hydrogens (tertiary/aromatic N) is 4. The number of ether oxygens (including phenoxy) is 1. The van der Waals surface area contributed by atoms with Gasteiger partial charge in [-0.3, -0.25) is 0 Å². The minimum absolute atomic E-state index is 0.124. The fraction of sp³-hybridized carbons (Fsp3) is 0.792. The second-order valence-corrected chi connectivity index (χ2v) is 14.1. The molecule has 9 heteroatoms. The first-order chi connectivity index (χ1) is 15.2. The first-order valence-corrected chi connectivity index (χ1v) is 14.8. The Bertz CT molecular complexity index is 826. The molecule has 0 spiro atoms. The Morgan fingerprint density at radius 1 is 1.12 bits per heavy atom. The van der Waals surface area contributed by atoms with Crippen molar-refractivity contribution < 1.29 is 14.0 Å². The Labute approximate surface area is 205 Å². The SMILES string of the molecule is C[Si](C)OC(C1CCN(c2cc(Cl)nnc2C2CN(C(=O)OC(C)(C)C)C2)CC1)C(C)(C)C. The molecule has 2 aliphatic heterocycles. The van der Waals surface area contributed by atoms with Crippen molar-refractivity contribution in [3.8, 4) is 0 Å². The number of carbonyl (C=O) groups is 1. The second kappa shape index (κ2) is 10.1. The van der Waals surface area contributed by atoms with Crippen molar-refractivity contribution in [2.45, 2.75) is 85.1 Å². The standard InChI is InChI=1S/C24H40ClN4O3Si/c1-23(2,3)21(32-33(7)8)16-9-11-28(12-10-16)18-13-19(25)26-27-20(18)17-14-29(15-17)22(30)31-24(4,5)6/h13,16-17,21H,9-12,14-15H2,1-8H3. The van der Waals surface area contributed by atoms with Crippen LogP contribution in [-0.4, -0.2) is 68.1 Å². The summed E-state index contributed by atoms with van der Waals surface area (Å²) in [6.45, 7) is 20.0. The Balaban J connectivity index is 1.67. The van der Waals surface area contributed by atoms with Gasteiger partial charge in [0.1, 0.15) is 5.60 Å². The molecule has 1 atom stereocenters. The van der Waals surface area contributed by atoms with Crippen LogP contribution in [0.25, 0.3) is 0 Å². The third-order valence-electron chi connectivity index (χ3n) is 6.22. The Hall–Kier alpha value is -1.38. The quantitative estimate of drug-likeness (QED) is 0.512. The van der Waals surface area contributed by atoms with E-state index in [0.29, 0.717) is 24.2 Å². The van der Waals surface area contributed by atoms with Crippen LogP contribution in [0.15, 0.2) is 6.07 Å². The number of aromatic nitrogens is 2. The summed E-state index contributed by atoms with van der Waals surface area (Å²) in [4.78, 5) is 16.4. The second-order valence-electron chi connectivity index (χ2n) is 11.7. The summed E-state index contributed by atoms with van der Waals surface area (Å²) < 4.78 is 12.0. The molecule has 0 aromatic carbocycles. The van der Waals surface area contributed by atoms with E-state index in [1.165, 1.54) is 0 Å². The van der Waals surface area contributed by atoms with Crippen molar-refractivity contribution in [1.29, 1.82) is 0 Å². The third kappa shape index (κ3) is 6.82. The summed E-state index contributed by atoms with van der Waals surface area (Å²) in [5, 5.41) is 8.97. The highest BCUT2D eigenvalue weighted by atomic mass is 35.5. The lowest BCUT2D eigenvalue weighted by Crippen LogP contribution is -2.51. The number of likely N-dealkylation sites (tertiary alicyclic amines) is 1. The highest BCUT2D eigenvalue weighted by molar-refractivity contribution is 6.48. The highest BCUT2D eigenvalue weighted by Crippen LogP contribution is 2.39. The molecular formula is C24H40ClN4O3Si. The van der Waals surface area contributed by atoms with Crippen LogP contribution < -0.4 is 4.90 Å². The Morgan fingerprint density at radius 2 is 1.73 bits per heavy atom. The molecule has 2 aliphatic rings. The van der Waals surface area contributed by atoms with Gasteiger partial charge in [-0.1, -0.05) is 32.4 Å². The van der Waals surface area contributed by atoms with Gasteiger partial charge in [-0.05, 0) is 58.0 Å². The van der Waals surface area contributed by atoms with Crippen LogP contribution in [-0.2, 0) is 9.16 Å². The van der Waals surface area contributed by atoms with Gasteiger partial charge >= 0.3 is 6.09 Å². The van der Waals surface area contributed by atoms with Crippen molar-refractivity contribution in [2.75, 3.05) is 31.1 Å². The van der Waals surface area contributed by atoms with Crippen LogP contribution >= 0.6 is 11.6 Å². The lowest BCUT2D eigenvalue weighted by atomic mass is 9.77. The molecule has 3 heterocycles. The van der Waals surface area contributed by atoms with E-state index in [-0.39, 0.29) is 23.5 Å². The number of amides is 1. The van der Waals surface area contributed by atoms with Crippen LogP contribution in [0.4, 0.5) is 10.5 Å². The topological polar surface area (TPSA) is 67.8 Å². The maximum Gasteiger partial charge on any atom is 0.410 e. The van der Waals surface area contributed by atoms with Crippen molar-refractivity contribution in [3.63, 3.8) is 0 Å². The van der Waals surface area contributed by atoms with E-state index in [0.717, 1.165) is 37.3 Å². The van der Waals surface area contributed by atoms with E-state index in [9.17, 15) is 4.79 Å². The normalized spacial score (nSPS) is 19.6. The Kier molecular flexibility index (Phi) is 8.01. The van der Waals surface area contributed by atoms with Gasteiger partial charge in [0.05, 0.1) is 17.5 Å². The molecule has 3 rings (SSSR count). The monoisotopic (exact) mass is 495 g/mol. The van der Waals surface area contributed by atoms with E-state index in [1.54, 1.807) is 4.90 Å². The maximum absolute atomic E-state index is 12.3. The molecule has 7 nitrogen and oxygen atoms in total. The molecule has 185 valence electrons. The predicted molar refractivity (Wildman–Crippen MR) is 134 cm³/mol. The molecule has 2 saturated heterocycles. The molecule has 33 heavy (non-hydrogen) atoms. The zero-order valence-electron chi connectivity index (χ0n) is 21.4. The predicted octanol–water partition coefficient (Wildman–Crippen LogP) is 5.36. The van der Waals surface area contributed by atoms with Gasteiger partial charge < -0.3 is 19.0 Å². The van der Waals surface area contributed by atoms with Gasteiger partial charge in [0.25, 0.3) is 0 Å². The van der Waals surface area contributed by atoms with Crippen LogP contribution in [0.1, 0.15) is 66.0 Å². The first kappa shape index (κ1) is 26.2. The minimum Gasteiger partial charge on any atom is -0.444 e. The number of hydrogen-bond donors (Lipinski definition) is 0. The minimum atomic E-state index is -0.763. The number of piperidine rings is 1. The third-order valence-corrected chi connectivity index (χ3v) is 7.13. The van der Waals surface area contributed by atoms with E-state index in [2.05, 4.69) is 49.0 Å². The first-order valence-electron chi connectivity index (χ1n) is 12.0. The summed E-state index contributed by atoms with van der Waals surface area (Å²) in [7, 11) is -0.763. The van der Waals surface area contributed by atoms with Gasteiger partial charge in [-0.25, -0.2) is 4.79 Å². The smallest absolute Gasteiger partial charge is 0.410 e. The molecule has 0 saturated carbocycles. The molecule has 1 amide bonds. The number of hydrogen-bond acceptors (Lipinski definition) is 6. The lowest BCUT2D eigenvalue weighted by molar-refractivity contribution is 0.00780. The summed E-state index contributed by atoms with van der Waals surface area (Å²) in [5.74, 6) is 0.687. The van der Waals surface area contributed by atoms with Gasteiger partial charge in [0.2, 0.25) is 9.04 Å². The van der Waals surface area contributed by atoms with E-state index >= 15 is 0 Å². The number of anilines is 1. The molecule has 1 unspecified atom stereocenters. The molecule has 2 fully saturated rings. The number of halogens is 1. The summed E-state index contributed by atoms with van der Waals surface area (Å²) in [5.41, 5.74) is 1.60. The molecule has 0 N–H and O–H groups in total. The molecule has 0 aliphatic carbocycles. The van der Waals surface area contributed by atoms with E-state index < -0.39 is 14.6 Å². The van der Waals surface area contributed by atoms with Crippen molar-refractivity contribution in [2.24, 2.45) is 11.3 Å². The van der Waals surface area contributed by atoms with Gasteiger partial charge in [0, 0.05) is 38.2 Å². The molecule has 0 bridgehead atoms. The van der Waals surface area contributed by atoms with Gasteiger partial charge in [-0.15, -0.1) is 5.10 Å². The average Bonchev–Trinajstić information content (AvgIpc) is 2.64. The van der Waals surface area contributed by atoms with Gasteiger partial charge in [0.15, 0.2) is 5.15 Å². The van der Waals surface area contributed by atoms with Crippen LogP contribution in [0.2, 0.25) is 18.2 Å². The highest BCUT2D eigenvalue weighted by Gasteiger charge is 2.39. The zero-order chi connectivity index (χ0) is 24.6. The van der Waals surface area contributed by atoms with Crippen LogP contribution in [0.5, 0.6) is 0 Å². The molecule has 1 radical (unpaired) electrons. The lowest BCUT2D eigenvalue weighted by Gasteiger charge is -2.44. The van der Waals surface area contributed by atoms with Crippen molar-refractivity contribution >= 4 is 32.4 Å². The summed E-state index contributed by atoms with van der Waals surface area (Å²) in [6.07, 6.45) is 2.15. The fourth-order valence-electron chi connectivity index (χ4n) is 4.72. The largest absolute Gasteiger partial charge is 0.444 e. The maximum atomic E-state index is 12.3. The van der Waals surface area contributed by atoms with Gasteiger partial charge in [-0.2, -0.15) is 5.10 Å². The van der Waals surface area contributed by atoms with E-state index in [4.69, 9.17) is 20.8 Å². The zero-order valence-corrected chi connectivity index (χ0v) is 23.2. The molecule has 1 aromatic heterocycles. The summed E-state index contributed by atoms with van der Waals surface area (Å²) >= 11 is 6.25.